The van der Waals surface area contributed by atoms with Crippen molar-refractivity contribution >= 4 is 17.7 Å². The molecule has 30 valence electrons. The Balaban J connectivity index is 0. The fourth-order valence-corrected chi connectivity index (χ4v) is 0. The molecule has 0 amide bonds. The number of carbonyl (C=O) groups is 1. The second kappa shape index (κ2) is 5.98. The van der Waals surface area contributed by atoms with Gasteiger partial charge in [-0.2, -0.15) is 0 Å². The molecular weight excluding hydrogens is 111 g/mol. The van der Waals surface area contributed by atoms with Crippen molar-refractivity contribution < 1.29 is 39.5 Å². The van der Waals surface area contributed by atoms with Gasteiger partial charge in [0.25, 0.3) is 0 Å². The molecule has 0 rings (SSSR count). The molecule has 0 bridgehead atoms. The van der Waals surface area contributed by atoms with Gasteiger partial charge in [0.05, 0.1) is 0 Å². The minimum absolute atomic E-state index is 0. The van der Waals surface area contributed by atoms with Crippen LogP contribution in [0.15, 0.2) is 0 Å². The maximum absolute atomic E-state index is 9.43. The van der Waals surface area contributed by atoms with Crippen LogP contribution in [-0.2, 0) is 4.79 Å². The number of aliphatic hydroxyl groups excluding tert-OH is 1. The molecule has 0 saturated carbocycles. The van der Waals surface area contributed by atoms with E-state index in [4.69, 9.17) is 5.11 Å². The Hall–Kier alpha value is 0.980. The van der Waals surface area contributed by atoms with Crippen molar-refractivity contribution in [3.63, 3.8) is 0 Å². The second-order valence-electron chi connectivity index (χ2n) is 0.552. The normalized spacial score (nSPS) is 6.33. The molecule has 0 aromatic rings. The van der Waals surface area contributed by atoms with Gasteiger partial charge in [-0.15, -0.1) is 12.6 Å². The first-order valence-electron chi connectivity index (χ1n) is 1.10. The van der Waals surface area contributed by atoms with Crippen molar-refractivity contribution in [1.29, 1.82) is 0 Å². The van der Waals surface area contributed by atoms with E-state index in [1.165, 1.54) is 0 Å². The van der Waals surface area contributed by atoms with Gasteiger partial charge < -0.3 is 5.11 Å². The van der Waals surface area contributed by atoms with Crippen molar-refractivity contribution in [3.05, 3.63) is 0 Å². The number of hydrogen-bond donors (Lipinski definition) is 2. The molecule has 0 fully saturated rings. The third-order valence-corrected chi connectivity index (χ3v) is 0.277. The SMILES string of the molecule is O=C(S)CO.[Na+]. The van der Waals surface area contributed by atoms with Crippen LogP contribution >= 0.6 is 12.6 Å². The third kappa shape index (κ3) is 8.88. The molecule has 0 aliphatic rings. The first-order valence-corrected chi connectivity index (χ1v) is 1.54. The largest absolute Gasteiger partial charge is 1.00 e. The number of hydrogen-bond acceptors (Lipinski definition) is 2. The molecule has 6 heavy (non-hydrogen) atoms. The molecule has 0 heterocycles. The first-order chi connectivity index (χ1) is 2.27. The minimum Gasteiger partial charge on any atom is -0.388 e. The average Bonchev–Trinajstić information content (AvgIpc) is 1.38. The maximum atomic E-state index is 9.43. The summed E-state index contributed by atoms with van der Waals surface area (Å²) in [4.78, 5) is 9.43. The Morgan fingerprint density at radius 3 is 2.00 bits per heavy atom. The van der Waals surface area contributed by atoms with E-state index in [1.54, 1.807) is 0 Å². The van der Waals surface area contributed by atoms with E-state index >= 15 is 0 Å². The molecule has 1 N–H and O–H groups in total. The summed E-state index contributed by atoms with van der Waals surface area (Å²) in [5, 5.41) is 7.22. The van der Waals surface area contributed by atoms with Gasteiger partial charge in [0.1, 0.15) is 6.61 Å². The Morgan fingerprint density at radius 1 is 1.83 bits per heavy atom. The van der Waals surface area contributed by atoms with Gasteiger partial charge in [0.2, 0.25) is 5.12 Å². The van der Waals surface area contributed by atoms with Crippen LogP contribution in [-0.4, -0.2) is 16.8 Å². The van der Waals surface area contributed by atoms with Crippen LogP contribution in [0.3, 0.4) is 0 Å². The van der Waals surface area contributed by atoms with Gasteiger partial charge in [-0.1, -0.05) is 0 Å². The number of carbonyl (C=O) groups excluding carboxylic acids is 1. The Labute approximate surface area is 63.6 Å². The summed E-state index contributed by atoms with van der Waals surface area (Å²) in [6.07, 6.45) is 0. The van der Waals surface area contributed by atoms with Crippen LogP contribution in [0.25, 0.3) is 0 Å². The van der Waals surface area contributed by atoms with Gasteiger partial charge in [-0.3, -0.25) is 4.79 Å². The minimum atomic E-state index is -0.495. The zero-order chi connectivity index (χ0) is 4.28. The molecule has 0 atom stereocenters. The van der Waals surface area contributed by atoms with Gasteiger partial charge in [-0.05, 0) is 0 Å². The van der Waals surface area contributed by atoms with Gasteiger partial charge in [-0.25, -0.2) is 0 Å². The van der Waals surface area contributed by atoms with Crippen molar-refractivity contribution in [1.82, 2.24) is 0 Å². The molecule has 0 aromatic heterocycles. The maximum Gasteiger partial charge on any atom is 1.00 e. The molecule has 0 aliphatic carbocycles. The summed E-state index contributed by atoms with van der Waals surface area (Å²) in [6.45, 7) is -0.469. The fourth-order valence-electron chi connectivity index (χ4n) is 0. The predicted octanol–water partition coefficient (Wildman–Crippen LogP) is -3.56. The Bertz CT molecular complexity index is 46.8. The molecule has 0 aromatic carbocycles. The molecule has 4 heteroatoms. The molecule has 0 unspecified atom stereocenters. The van der Waals surface area contributed by atoms with Crippen molar-refractivity contribution in [2.24, 2.45) is 0 Å². The van der Waals surface area contributed by atoms with Crippen LogP contribution in [0.1, 0.15) is 0 Å². The summed E-state index contributed by atoms with van der Waals surface area (Å²) in [5.74, 6) is 0. The number of aliphatic hydroxyl groups is 1. The third-order valence-electron chi connectivity index (χ3n) is 0.135. The topological polar surface area (TPSA) is 37.3 Å². The van der Waals surface area contributed by atoms with Crippen LogP contribution in [0.5, 0.6) is 0 Å². The standard InChI is InChI=1S/C2H4O2S.Na/c3-1-2(4)5;/h3H,1H2,(H,4,5);/q;+1. The van der Waals surface area contributed by atoms with Gasteiger partial charge >= 0.3 is 29.6 Å². The Kier molecular flexibility index (Phi) is 10.0. The fraction of sp³-hybridized carbons (Fsp3) is 0.500. The average molecular weight is 115 g/mol. The molecule has 0 aliphatic heterocycles. The van der Waals surface area contributed by atoms with E-state index in [1.807, 2.05) is 0 Å². The molecule has 0 saturated heterocycles. The number of thiol groups is 1. The van der Waals surface area contributed by atoms with Gasteiger partial charge in [0.15, 0.2) is 0 Å². The molecule has 0 radical (unpaired) electrons. The summed E-state index contributed by atoms with van der Waals surface area (Å²) in [7, 11) is 0. The quantitative estimate of drug-likeness (QED) is 0.274. The molecule has 2 nitrogen and oxygen atoms in total. The first kappa shape index (κ1) is 10.1. The van der Waals surface area contributed by atoms with Crippen molar-refractivity contribution in [2.75, 3.05) is 6.61 Å². The summed E-state index contributed by atoms with van der Waals surface area (Å²) in [5.41, 5.74) is 0. The van der Waals surface area contributed by atoms with E-state index < -0.39 is 11.7 Å². The van der Waals surface area contributed by atoms with E-state index in [9.17, 15) is 4.79 Å². The van der Waals surface area contributed by atoms with Crippen molar-refractivity contribution in [3.8, 4) is 0 Å². The monoisotopic (exact) mass is 115 g/mol. The number of rotatable bonds is 1. The summed E-state index contributed by atoms with van der Waals surface area (Å²) in [6, 6.07) is 0. The smallest absolute Gasteiger partial charge is 0.388 e. The summed E-state index contributed by atoms with van der Waals surface area (Å²) < 4.78 is 0. The van der Waals surface area contributed by atoms with Crippen LogP contribution < -0.4 is 29.6 Å². The van der Waals surface area contributed by atoms with E-state index in [-0.39, 0.29) is 29.6 Å². The summed E-state index contributed by atoms with van der Waals surface area (Å²) >= 11 is 3.21. The second-order valence-corrected chi connectivity index (χ2v) is 1.05. The predicted molar refractivity (Wildman–Crippen MR) is 21.1 cm³/mol. The van der Waals surface area contributed by atoms with Crippen LogP contribution in [0, 0.1) is 0 Å². The zero-order valence-electron chi connectivity index (χ0n) is 3.51. The zero-order valence-corrected chi connectivity index (χ0v) is 6.40. The van der Waals surface area contributed by atoms with Crippen molar-refractivity contribution in [2.45, 2.75) is 0 Å². The van der Waals surface area contributed by atoms with E-state index in [0.29, 0.717) is 0 Å². The van der Waals surface area contributed by atoms with Crippen LogP contribution in [0.2, 0.25) is 0 Å². The Morgan fingerprint density at radius 2 is 2.00 bits per heavy atom. The van der Waals surface area contributed by atoms with E-state index in [2.05, 4.69) is 12.6 Å². The molecule has 0 spiro atoms. The molecular formula is C2H4NaO2S+. The van der Waals surface area contributed by atoms with Gasteiger partial charge in [0, 0.05) is 0 Å². The van der Waals surface area contributed by atoms with E-state index in [0.717, 1.165) is 0 Å². The van der Waals surface area contributed by atoms with Crippen LogP contribution in [0.4, 0.5) is 0 Å².